The molecule has 3 nitrogen and oxygen atoms in total. The van der Waals surface area contributed by atoms with Gasteiger partial charge in [0.1, 0.15) is 0 Å². The number of aliphatic hydroxyl groups excluding tert-OH is 3. The van der Waals surface area contributed by atoms with Crippen LogP contribution in [0.1, 0.15) is 91.9 Å². The molecule has 4 aliphatic rings. The molecular weight excluding hydrogens is 360 g/mol. The molecule has 0 aromatic rings. The van der Waals surface area contributed by atoms with E-state index in [2.05, 4.69) is 27.7 Å². The van der Waals surface area contributed by atoms with E-state index in [1.54, 1.807) is 0 Å². The lowest BCUT2D eigenvalue weighted by molar-refractivity contribution is -0.203. The zero-order chi connectivity index (χ0) is 21.0. The van der Waals surface area contributed by atoms with Gasteiger partial charge in [-0.05, 0) is 110 Å². The molecule has 3 N–H and O–H groups in total. The summed E-state index contributed by atoms with van der Waals surface area (Å²) >= 11 is 0. The third kappa shape index (κ3) is 3.33. The number of hydrogen-bond acceptors (Lipinski definition) is 3. The molecule has 11 atom stereocenters. The third-order valence-electron chi connectivity index (χ3n) is 11.0. The van der Waals surface area contributed by atoms with E-state index in [0.29, 0.717) is 52.9 Å². The van der Waals surface area contributed by atoms with Crippen molar-refractivity contribution in [2.24, 2.45) is 52.3 Å². The smallest absolute Gasteiger partial charge is 0.0605 e. The number of fused-ring (bicyclic) bond motifs is 5. The van der Waals surface area contributed by atoms with E-state index < -0.39 is 0 Å². The van der Waals surface area contributed by atoms with Crippen molar-refractivity contribution in [3.8, 4) is 0 Å². The van der Waals surface area contributed by atoms with Gasteiger partial charge in [0.05, 0.1) is 12.2 Å². The van der Waals surface area contributed by atoms with Crippen LogP contribution in [-0.4, -0.2) is 34.1 Å². The Morgan fingerprint density at radius 3 is 2.31 bits per heavy atom. The molecular formula is C26H46O3. The fourth-order valence-corrected chi connectivity index (χ4v) is 9.55. The maximum atomic E-state index is 11.7. The molecule has 0 aromatic heterocycles. The summed E-state index contributed by atoms with van der Waals surface area (Å²) in [6.07, 6.45) is 10.9. The van der Waals surface area contributed by atoms with Crippen molar-refractivity contribution in [1.82, 2.24) is 0 Å². The van der Waals surface area contributed by atoms with Gasteiger partial charge in [-0.25, -0.2) is 0 Å². The first-order valence-electron chi connectivity index (χ1n) is 12.7. The highest BCUT2D eigenvalue weighted by Gasteiger charge is 2.64. The largest absolute Gasteiger partial charge is 0.396 e. The van der Waals surface area contributed by atoms with Crippen molar-refractivity contribution in [1.29, 1.82) is 0 Å². The SMILES string of the molecule is CC[C@@H]1[C@H](O)C2C3CC[C@H]([C@H](C)CCCO)[C@@]3(C)CCC2[C@@]2(C)CC[C@H](O)C[C@@H]12. The molecule has 4 fully saturated rings. The lowest BCUT2D eigenvalue weighted by Gasteiger charge is -2.64. The predicted octanol–water partition coefficient (Wildman–Crippen LogP) is 5.02. The van der Waals surface area contributed by atoms with Gasteiger partial charge in [-0.2, -0.15) is 0 Å². The molecule has 0 spiro atoms. The third-order valence-corrected chi connectivity index (χ3v) is 11.0. The van der Waals surface area contributed by atoms with Crippen molar-refractivity contribution in [2.45, 2.75) is 104 Å². The standard InChI is InChI=1S/C26H46O3/c1-5-18-22-15-17(28)10-12-26(22,4)21-11-13-25(3)19(16(2)7-6-14-27)8-9-20(25)23(21)24(18)29/h16-24,27-29H,5-15H2,1-4H3/t16-,17+,18+,19-,20?,21?,22+,23?,24+,25-,26-/m1/s1. The van der Waals surface area contributed by atoms with Crippen molar-refractivity contribution in [2.75, 3.05) is 6.61 Å². The quantitative estimate of drug-likeness (QED) is 0.601. The van der Waals surface area contributed by atoms with Gasteiger partial charge in [-0.1, -0.05) is 34.1 Å². The minimum Gasteiger partial charge on any atom is -0.396 e. The first kappa shape index (κ1) is 22.1. The molecule has 0 amide bonds. The second-order valence-corrected chi connectivity index (χ2v) is 12.0. The fraction of sp³-hybridized carbons (Fsp3) is 1.00. The predicted molar refractivity (Wildman–Crippen MR) is 117 cm³/mol. The van der Waals surface area contributed by atoms with Gasteiger partial charge >= 0.3 is 0 Å². The van der Waals surface area contributed by atoms with Gasteiger partial charge in [0.2, 0.25) is 0 Å². The first-order valence-corrected chi connectivity index (χ1v) is 12.7. The first-order chi connectivity index (χ1) is 13.8. The van der Waals surface area contributed by atoms with Crippen LogP contribution in [0.25, 0.3) is 0 Å². The molecule has 0 heterocycles. The Balaban J connectivity index is 1.63. The van der Waals surface area contributed by atoms with Crippen molar-refractivity contribution in [3.05, 3.63) is 0 Å². The van der Waals surface area contributed by atoms with E-state index in [-0.39, 0.29) is 12.2 Å². The molecule has 4 aliphatic carbocycles. The Kier molecular flexibility index (Phi) is 6.17. The molecule has 168 valence electrons. The lowest BCUT2D eigenvalue weighted by Crippen LogP contribution is -2.62. The van der Waals surface area contributed by atoms with E-state index >= 15 is 0 Å². The molecule has 4 saturated carbocycles. The summed E-state index contributed by atoms with van der Waals surface area (Å²) < 4.78 is 0. The van der Waals surface area contributed by atoms with Gasteiger partial charge in [-0.15, -0.1) is 0 Å². The highest BCUT2D eigenvalue weighted by molar-refractivity contribution is 5.13. The van der Waals surface area contributed by atoms with Gasteiger partial charge in [0.15, 0.2) is 0 Å². The monoisotopic (exact) mass is 406 g/mol. The van der Waals surface area contributed by atoms with E-state index in [1.807, 2.05) is 0 Å². The Bertz CT molecular complexity index is 578. The topological polar surface area (TPSA) is 60.7 Å². The Hall–Kier alpha value is -0.120. The van der Waals surface area contributed by atoms with Crippen LogP contribution in [0.3, 0.4) is 0 Å². The van der Waals surface area contributed by atoms with Gasteiger partial charge in [0, 0.05) is 6.61 Å². The average Bonchev–Trinajstić information content (AvgIpc) is 3.05. The average molecular weight is 407 g/mol. The van der Waals surface area contributed by atoms with Crippen LogP contribution in [0.15, 0.2) is 0 Å². The van der Waals surface area contributed by atoms with E-state index in [0.717, 1.165) is 44.4 Å². The zero-order valence-corrected chi connectivity index (χ0v) is 19.3. The number of aliphatic hydroxyl groups is 3. The second kappa shape index (κ2) is 8.10. The molecule has 0 saturated heterocycles. The fourth-order valence-electron chi connectivity index (χ4n) is 9.55. The summed E-state index contributed by atoms with van der Waals surface area (Å²) in [5.41, 5.74) is 0.651. The summed E-state index contributed by atoms with van der Waals surface area (Å²) in [7, 11) is 0. The van der Waals surface area contributed by atoms with E-state index in [1.165, 1.54) is 25.7 Å². The summed E-state index contributed by atoms with van der Waals surface area (Å²) in [6, 6.07) is 0. The highest BCUT2D eigenvalue weighted by Crippen LogP contribution is 2.69. The molecule has 4 rings (SSSR count). The summed E-state index contributed by atoms with van der Waals surface area (Å²) in [5.74, 6) is 3.97. The van der Waals surface area contributed by atoms with E-state index in [9.17, 15) is 15.3 Å². The summed E-state index contributed by atoms with van der Waals surface area (Å²) in [5, 5.41) is 31.4. The van der Waals surface area contributed by atoms with Crippen LogP contribution in [0.5, 0.6) is 0 Å². The van der Waals surface area contributed by atoms with Crippen LogP contribution in [-0.2, 0) is 0 Å². The van der Waals surface area contributed by atoms with Crippen molar-refractivity contribution >= 4 is 0 Å². The van der Waals surface area contributed by atoms with E-state index in [4.69, 9.17) is 0 Å². The van der Waals surface area contributed by atoms with Crippen LogP contribution in [0.4, 0.5) is 0 Å². The molecule has 0 bridgehead atoms. The van der Waals surface area contributed by atoms with Crippen LogP contribution in [0.2, 0.25) is 0 Å². The normalized spacial score (nSPS) is 53.1. The maximum absolute atomic E-state index is 11.7. The van der Waals surface area contributed by atoms with Crippen molar-refractivity contribution < 1.29 is 15.3 Å². The van der Waals surface area contributed by atoms with Gasteiger partial charge in [-0.3, -0.25) is 0 Å². The summed E-state index contributed by atoms with van der Waals surface area (Å²) in [4.78, 5) is 0. The lowest BCUT2D eigenvalue weighted by atomic mass is 9.41. The molecule has 3 heteroatoms. The Labute approximate surface area is 178 Å². The van der Waals surface area contributed by atoms with Crippen LogP contribution in [0, 0.1) is 52.3 Å². The Morgan fingerprint density at radius 1 is 0.931 bits per heavy atom. The minimum atomic E-state index is -0.190. The molecule has 29 heavy (non-hydrogen) atoms. The minimum absolute atomic E-state index is 0.164. The summed E-state index contributed by atoms with van der Waals surface area (Å²) in [6.45, 7) is 10.0. The zero-order valence-electron chi connectivity index (χ0n) is 19.3. The van der Waals surface area contributed by atoms with Crippen LogP contribution >= 0.6 is 0 Å². The van der Waals surface area contributed by atoms with Gasteiger partial charge in [0.25, 0.3) is 0 Å². The highest BCUT2D eigenvalue weighted by atomic mass is 16.3. The molecule has 0 aliphatic heterocycles. The molecule has 3 unspecified atom stereocenters. The molecule has 0 aromatic carbocycles. The maximum Gasteiger partial charge on any atom is 0.0605 e. The van der Waals surface area contributed by atoms with Crippen LogP contribution < -0.4 is 0 Å². The van der Waals surface area contributed by atoms with Gasteiger partial charge < -0.3 is 15.3 Å². The number of rotatable bonds is 5. The number of hydrogen-bond donors (Lipinski definition) is 3. The molecule has 0 radical (unpaired) electrons. The second-order valence-electron chi connectivity index (χ2n) is 12.0. The Morgan fingerprint density at radius 2 is 1.62 bits per heavy atom. The van der Waals surface area contributed by atoms with Crippen molar-refractivity contribution in [3.63, 3.8) is 0 Å².